The molecular weight excluding hydrogens is 129 g/mol. The minimum absolute atomic E-state index is 0. The molecule has 0 aromatic heterocycles. The van der Waals surface area contributed by atoms with Crippen LogP contribution in [0.25, 0.3) is 0 Å². The molecule has 0 saturated carbocycles. The van der Waals surface area contributed by atoms with Gasteiger partial charge in [-0.3, -0.25) is 0 Å². The maximum absolute atomic E-state index is 5.33. The first-order valence-electron chi connectivity index (χ1n) is 3.24. The maximum atomic E-state index is 5.33. The average Bonchev–Trinajstić information content (AvgIpc) is 1.81. The normalized spacial score (nSPS) is 26.8. The van der Waals surface area contributed by atoms with Gasteiger partial charge in [0, 0.05) is 0 Å². The SMILES string of the molecule is CC1(C)OBOC1(C)C.N. The molecule has 1 aliphatic rings. The van der Waals surface area contributed by atoms with Crippen LogP contribution in [-0.2, 0) is 9.31 Å². The predicted octanol–water partition coefficient (Wildman–Crippen LogP) is 1.02. The van der Waals surface area contributed by atoms with E-state index in [0.29, 0.717) is 7.69 Å². The summed E-state index contributed by atoms with van der Waals surface area (Å²) >= 11 is 0. The molecule has 0 bridgehead atoms. The van der Waals surface area contributed by atoms with Crippen molar-refractivity contribution >= 4 is 7.69 Å². The molecule has 3 nitrogen and oxygen atoms in total. The second kappa shape index (κ2) is 2.53. The molecule has 0 atom stereocenters. The Labute approximate surface area is 63.0 Å². The van der Waals surface area contributed by atoms with Crippen molar-refractivity contribution in [3.8, 4) is 0 Å². The van der Waals surface area contributed by atoms with Crippen LogP contribution >= 0.6 is 0 Å². The third kappa shape index (κ3) is 1.33. The molecule has 4 heteroatoms. The van der Waals surface area contributed by atoms with Crippen molar-refractivity contribution in [2.24, 2.45) is 0 Å². The molecule has 1 fully saturated rings. The summed E-state index contributed by atoms with van der Waals surface area (Å²) in [5.41, 5.74) is -0.264. The van der Waals surface area contributed by atoms with Crippen LogP contribution < -0.4 is 6.15 Å². The first-order chi connectivity index (χ1) is 3.96. The van der Waals surface area contributed by atoms with Crippen molar-refractivity contribution in [3.05, 3.63) is 0 Å². The van der Waals surface area contributed by atoms with E-state index in [-0.39, 0.29) is 17.4 Å². The van der Waals surface area contributed by atoms with E-state index in [0.717, 1.165) is 0 Å². The highest BCUT2D eigenvalue weighted by molar-refractivity contribution is 6.19. The van der Waals surface area contributed by atoms with Gasteiger partial charge in [0.2, 0.25) is 0 Å². The van der Waals surface area contributed by atoms with Gasteiger partial charge in [0.05, 0.1) is 11.2 Å². The molecule has 0 amide bonds. The fraction of sp³-hybridized carbons (Fsp3) is 1.00. The van der Waals surface area contributed by atoms with Gasteiger partial charge in [-0.25, -0.2) is 0 Å². The summed E-state index contributed by atoms with van der Waals surface area (Å²) in [5, 5.41) is 0. The van der Waals surface area contributed by atoms with Crippen LogP contribution in [0.1, 0.15) is 27.7 Å². The van der Waals surface area contributed by atoms with Gasteiger partial charge in [-0.2, -0.15) is 0 Å². The third-order valence-electron chi connectivity index (χ3n) is 2.29. The van der Waals surface area contributed by atoms with Gasteiger partial charge in [0.15, 0.2) is 0 Å². The Kier molecular flexibility index (Phi) is 2.51. The first-order valence-corrected chi connectivity index (χ1v) is 3.24. The van der Waals surface area contributed by atoms with Crippen molar-refractivity contribution in [3.63, 3.8) is 0 Å². The van der Waals surface area contributed by atoms with Gasteiger partial charge in [-0.05, 0) is 27.7 Å². The molecule has 60 valence electrons. The lowest BCUT2D eigenvalue weighted by Crippen LogP contribution is -2.41. The first kappa shape index (κ1) is 9.94. The van der Waals surface area contributed by atoms with E-state index in [1.807, 2.05) is 27.7 Å². The van der Waals surface area contributed by atoms with Crippen LogP contribution in [0, 0.1) is 0 Å². The molecule has 1 rings (SSSR count). The number of hydrogen-bond acceptors (Lipinski definition) is 3. The van der Waals surface area contributed by atoms with Gasteiger partial charge in [0.25, 0.3) is 0 Å². The maximum Gasteiger partial charge on any atom is 0.439 e. The Morgan fingerprint density at radius 3 is 1.30 bits per heavy atom. The average molecular weight is 145 g/mol. The van der Waals surface area contributed by atoms with Crippen LogP contribution in [0.15, 0.2) is 0 Å². The summed E-state index contributed by atoms with van der Waals surface area (Å²) in [6, 6.07) is 0. The highest BCUT2D eigenvalue weighted by Gasteiger charge is 2.44. The van der Waals surface area contributed by atoms with Gasteiger partial charge in [-0.1, -0.05) is 0 Å². The summed E-state index contributed by atoms with van der Waals surface area (Å²) in [5.74, 6) is 0. The molecule has 3 N–H and O–H groups in total. The molecule has 1 saturated heterocycles. The van der Waals surface area contributed by atoms with Crippen molar-refractivity contribution in [2.75, 3.05) is 0 Å². The summed E-state index contributed by atoms with van der Waals surface area (Å²) in [4.78, 5) is 0. The van der Waals surface area contributed by atoms with E-state index < -0.39 is 0 Å². The monoisotopic (exact) mass is 145 g/mol. The molecule has 0 aromatic carbocycles. The smallest absolute Gasteiger partial charge is 0.406 e. The minimum atomic E-state index is -0.132. The number of rotatable bonds is 0. The van der Waals surface area contributed by atoms with Crippen molar-refractivity contribution in [1.29, 1.82) is 0 Å². The van der Waals surface area contributed by atoms with Crippen LogP contribution in [0.2, 0.25) is 0 Å². The summed E-state index contributed by atoms with van der Waals surface area (Å²) < 4.78 is 10.7. The fourth-order valence-corrected chi connectivity index (χ4v) is 0.672. The lowest BCUT2D eigenvalue weighted by atomic mass is 9.90. The highest BCUT2D eigenvalue weighted by Crippen LogP contribution is 2.33. The molecule has 1 aliphatic heterocycles. The van der Waals surface area contributed by atoms with E-state index in [4.69, 9.17) is 9.31 Å². The zero-order valence-electron chi connectivity index (χ0n) is 7.23. The lowest BCUT2D eigenvalue weighted by molar-refractivity contribution is 0.00578. The Bertz CT molecular complexity index is 111. The molecular formula is C6H16BNO2. The summed E-state index contributed by atoms with van der Waals surface area (Å²) in [7, 11) is 0.431. The van der Waals surface area contributed by atoms with E-state index >= 15 is 0 Å². The van der Waals surface area contributed by atoms with Crippen molar-refractivity contribution < 1.29 is 9.31 Å². The second-order valence-electron chi connectivity index (χ2n) is 3.43. The molecule has 0 unspecified atom stereocenters. The minimum Gasteiger partial charge on any atom is -0.406 e. The molecule has 0 radical (unpaired) electrons. The Hall–Kier alpha value is -0.0551. The predicted molar refractivity (Wildman–Crippen MR) is 42.5 cm³/mol. The molecule has 0 aromatic rings. The molecule has 0 aliphatic carbocycles. The fourth-order valence-electron chi connectivity index (χ4n) is 0.672. The third-order valence-corrected chi connectivity index (χ3v) is 2.29. The van der Waals surface area contributed by atoms with Crippen molar-refractivity contribution in [1.82, 2.24) is 6.15 Å². The zero-order chi connectivity index (χ0) is 7.12. The quantitative estimate of drug-likeness (QED) is 0.517. The van der Waals surface area contributed by atoms with Gasteiger partial charge in [0.1, 0.15) is 0 Å². The highest BCUT2D eigenvalue weighted by atomic mass is 16.7. The topological polar surface area (TPSA) is 53.5 Å². The van der Waals surface area contributed by atoms with Gasteiger partial charge < -0.3 is 15.5 Å². The van der Waals surface area contributed by atoms with E-state index in [1.165, 1.54) is 0 Å². The largest absolute Gasteiger partial charge is 0.439 e. The number of hydrogen-bond donors (Lipinski definition) is 1. The molecule has 10 heavy (non-hydrogen) atoms. The van der Waals surface area contributed by atoms with Crippen molar-refractivity contribution in [2.45, 2.75) is 38.9 Å². The van der Waals surface area contributed by atoms with E-state index in [1.54, 1.807) is 0 Å². The summed E-state index contributed by atoms with van der Waals surface area (Å²) in [6.45, 7) is 8.17. The van der Waals surface area contributed by atoms with E-state index in [2.05, 4.69) is 0 Å². The van der Waals surface area contributed by atoms with Gasteiger partial charge in [-0.15, -0.1) is 0 Å². The second-order valence-corrected chi connectivity index (χ2v) is 3.43. The Morgan fingerprint density at radius 1 is 0.900 bits per heavy atom. The molecule has 1 heterocycles. The summed E-state index contributed by atoms with van der Waals surface area (Å²) in [6.07, 6.45) is 0. The van der Waals surface area contributed by atoms with Crippen LogP contribution in [0.5, 0.6) is 0 Å². The standard InChI is InChI=1S/C6H13BO2.H3N/c1-5(2)6(3,4)9-7-8-5;/h7H,1-4H3;1H3. The van der Waals surface area contributed by atoms with Crippen LogP contribution in [0.4, 0.5) is 0 Å². The van der Waals surface area contributed by atoms with E-state index in [9.17, 15) is 0 Å². The zero-order valence-corrected chi connectivity index (χ0v) is 7.23. The van der Waals surface area contributed by atoms with Crippen LogP contribution in [-0.4, -0.2) is 18.9 Å². The van der Waals surface area contributed by atoms with Gasteiger partial charge >= 0.3 is 7.69 Å². The lowest BCUT2D eigenvalue weighted by Gasteiger charge is -2.32. The Morgan fingerprint density at radius 2 is 1.20 bits per heavy atom. The molecule has 0 spiro atoms. The Balaban J connectivity index is 0.000000810. The van der Waals surface area contributed by atoms with Crippen LogP contribution in [0.3, 0.4) is 0 Å².